The third-order valence-corrected chi connectivity index (χ3v) is 2.06. The normalized spacial score (nSPS) is 11.7. The predicted molar refractivity (Wildman–Crippen MR) is 56.7 cm³/mol. The molecule has 80 valence electrons. The van der Waals surface area contributed by atoms with E-state index in [4.69, 9.17) is 10.3 Å². The highest BCUT2D eigenvalue weighted by Crippen LogP contribution is 2.26. The number of aryl methyl sites for hydroxylation is 1. The van der Waals surface area contributed by atoms with Gasteiger partial charge in [-0.2, -0.15) is 0 Å². The van der Waals surface area contributed by atoms with Crippen LogP contribution in [0.2, 0.25) is 0 Å². The van der Waals surface area contributed by atoms with Gasteiger partial charge in [-0.25, -0.2) is 0 Å². The van der Waals surface area contributed by atoms with E-state index in [0.717, 1.165) is 5.56 Å². The number of aliphatic hydroxyl groups is 1. The fraction of sp³-hybridized carbons (Fsp3) is 0.400. The molecule has 0 aliphatic heterocycles. The number of ether oxygens (including phenoxy) is 1. The highest BCUT2D eigenvalue weighted by molar-refractivity contribution is 5.38. The molecule has 0 radical (unpaired) electrons. The molecule has 0 aromatic heterocycles. The molecule has 0 spiro atoms. The second-order valence-electron chi connectivity index (χ2n) is 3.17. The van der Waals surface area contributed by atoms with E-state index in [2.05, 4.69) is 10.0 Å². The topological polar surface area (TPSA) is 78.2 Å². The van der Waals surface area contributed by atoms with Gasteiger partial charge < -0.3 is 9.84 Å². The second-order valence-corrected chi connectivity index (χ2v) is 3.17. The lowest BCUT2D eigenvalue weighted by molar-refractivity contribution is 0.182. The van der Waals surface area contributed by atoms with Crippen LogP contribution in [0.1, 0.15) is 17.2 Å². The van der Waals surface area contributed by atoms with Gasteiger partial charge in [0.05, 0.1) is 19.8 Å². The standard InChI is InChI=1S/C10H13N3O2/c1-7-3-4-10(15-2)8(5-7)9(14)6-12-13-11/h3-5,9,14H,6H2,1-2H3/t9-/m1/s1. The number of hydrogen-bond acceptors (Lipinski definition) is 3. The summed E-state index contributed by atoms with van der Waals surface area (Å²) in [6, 6.07) is 5.49. The summed E-state index contributed by atoms with van der Waals surface area (Å²) in [7, 11) is 1.54. The fourth-order valence-electron chi connectivity index (χ4n) is 1.33. The van der Waals surface area contributed by atoms with Gasteiger partial charge in [-0.05, 0) is 24.6 Å². The summed E-state index contributed by atoms with van der Waals surface area (Å²) >= 11 is 0. The van der Waals surface area contributed by atoms with Gasteiger partial charge in [-0.1, -0.05) is 16.7 Å². The average molecular weight is 207 g/mol. The minimum atomic E-state index is -0.823. The first-order chi connectivity index (χ1) is 7.19. The highest BCUT2D eigenvalue weighted by Gasteiger charge is 2.12. The predicted octanol–water partition coefficient (Wildman–Crippen LogP) is 2.35. The zero-order valence-corrected chi connectivity index (χ0v) is 8.71. The van der Waals surface area contributed by atoms with Gasteiger partial charge in [0.2, 0.25) is 0 Å². The quantitative estimate of drug-likeness (QED) is 0.467. The van der Waals surface area contributed by atoms with Crippen LogP contribution in [-0.2, 0) is 0 Å². The molecule has 0 unspecified atom stereocenters. The van der Waals surface area contributed by atoms with Crippen LogP contribution in [0.3, 0.4) is 0 Å². The fourth-order valence-corrected chi connectivity index (χ4v) is 1.33. The van der Waals surface area contributed by atoms with E-state index >= 15 is 0 Å². The maximum absolute atomic E-state index is 9.74. The number of hydrogen-bond donors (Lipinski definition) is 1. The Hall–Kier alpha value is -1.71. The maximum atomic E-state index is 9.74. The van der Waals surface area contributed by atoms with E-state index in [0.29, 0.717) is 11.3 Å². The van der Waals surface area contributed by atoms with Crippen LogP contribution in [-0.4, -0.2) is 18.8 Å². The van der Waals surface area contributed by atoms with Gasteiger partial charge >= 0.3 is 0 Å². The molecule has 5 nitrogen and oxygen atoms in total. The number of nitrogens with zero attached hydrogens (tertiary/aromatic N) is 3. The zero-order chi connectivity index (χ0) is 11.3. The molecular weight excluding hydrogens is 194 g/mol. The third-order valence-electron chi connectivity index (χ3n) is 2.06. The van der Waals surface area contributed by atoms with Crippen molar-refractivity contribution in [2.75, 3.05) is 13.7 Å². The molecule has 0 aliphatic rings. The highest BCUT2D eigenvalue weighted by atomic mass is 16.5. The van der Waals surface area contributed by atoms with E-state index in [1.807, 2.05) is 19.1 Å². The van der Waals surface area contributed by atoms with Crippen LogP contribution in [0.5, 0.6) is 5.75 Å². The molecule has 0 bridgehead atoms. The van der Waals surface area contributed by atoms with Crippen molar-refractivity contribution >= 4 is 0 Å². The van der Waals surface area contributed by atoms with Crippen LogP contribution in [0.25, 0.3) is 10.4 Å². The van der Waals surface area contributed by atoms with Crippen molar-refractivity contribution in [1.29, 1.82) is 0 Å². The van der Waals surface area contributed by atoms with Gasteiger partial charge in [0.1, 0.15) is 5.75 Å². The van der Waals surface area contributed by atoms with Gasteiger partial charge in [0, 0.05) is 10.5 Å². The number of azide groups is 1. The van der Waals surface area contributed by atoms with Crippen LogP contribution < -0.4 is 4.74 Å². The van der Waals surface area contributed by atoms with E-state index < -0.39 is 6.10 Å². The lowest BCUT2D eigenvalue weighted by Crippen LogP contribution is -2.03. The molecule has 0 aliphatic carbocycles. The molecule has 0 saturated carbocycles. The molecule has 1 N–H and O–H groups in total. The lowest BCUT2D eigenvalue weighted by Gasteiger charge is -2.13. The Labute approximate surface area is 87.9 Å². The van der Waals surface area contributed by atoms with Crippen molar-refractivity contribution in [2.24, 2.45) is 5.11 Å². The molecule has 0 amide bonds. The number of aliphatic hydroxyl groups excluding tert-OH is 1. The summed E-state index contributed by atoms with van der Waals surface area (Å²) in [6.07, 6.45) is -0.823. The van der Waals surface area contributed by atoms with E-state index in [1.54, 1.807) is 6.07 Å². The first-order valence-corrected chi connectivity index (χ1v) is 4.52. The van der Waals surface area contributed by atoms with Crippen LogP contribution >= 0.6 is 0 Å². The minimum Gasteiger partial charge on any atom is -0.496 e. The first-order valence-electron chi connectivity index (χ1n) is 4.52. The summed E-state index contributed by atoms with van der Waals surface area (Å²) in [4.78, 5) is 2.60. The van der Waals surface area contributed by atoms with E-state index in [1.165, 1.54) is 7.11 Å². The molecule has 0 saturated heterocycles. The third kappa shape index (κ3) is 2.87. The summed E-state index contributed by atoms with van der Waals surface area (Å²) in [6.45, 7) is 1.93. The van der Waals surface area contributed by atoms with Crippen molar-refractivity contribution in [3.8, 4) is 5.75 Å². The Morgan fingerprint density at radius 1 is 1.60 bits per heavy atom. The number of benzene rings is 1. The average Bonchev–Trinajstić information content (AvgIpc) is 2.25. The van der Waals surface area contributed by atoms with Crippen molar-refractivity contribution in [2.45, 2.75) is 13.0 Å². The van der Waals surface area contributed by atoms with Crippen molar-refractivity contribution in [3.63, 3.8) is 0 Å². The molecule has 1 aromatic carbocycles. The summed E-state index contributed by atoms with van der Waals surface area (Å²) in [5.74, 6) is 0.598. The Kier molecular flexibility index (Phi) is 3.97. The van der Waals surface area contributed by atoms with E-state index in [9.17, 15) is 5.11 Å². The van der Waals surface area contributed by atoms with Gasteiger partial charge in [0.15, 0.2) is 0 Å². The SMILES string of the molecule is COc1ccc(C)cc1[C@H](O)CN=[N+]=[N-]. The van der Waals surface area contributed by atoms with Gasteiger partial charge in [0.25, 0.3) is 0 Å². The van der Waals surface area contributed by atoms with Gasteiger partial charge in [-0.3, -0.25) is 0 Å². The van der Waals surface area contributed by atoms with Crippen LogP contribution in [0.15, 0.2) is 23.3 Å². The Bertz CT molecular complexity index is 386. The van der Waals surface area contributed by atoms with Crippen LogP contribution in [0.4, 0.5) is 0 Å². The lowest BCUT2D eigenvalue weighted by atomic mass is 10.1. The molecule has 0 heterocycles. The summed E-state index contributed by atoms with van der Waals surface area (Å²) in [5, 5.41) is 13.1. The minimum absolute atomic E-state index is 0.0102. The molecular formula is C10H13N3O2. The number of methoxy groups -OCH3 is 1. The summed E-state index contributed by atoms with van der Waals surface area (Å²) in [5.41, 5.74) is 9.82. The van der Waals surface area contributed by atoms with Crippen molar-refractivity contribution < 1.29 is 9.84 Å². The molecule has 1 atom stereocenters. The Morgan fingerprint density at radius 3 is 2.93 bits per heavy atom. The Balaban J connectivity index is 2.99. The van der Waals surface area contributed by atoms with Crippen LogP contribution in [0, 0.1) is 6.92 Å². The van der Waals surface area contributed by atoms with E-state index in [-0.39, 0.29) is 6.54 Å². The van der Waals surface area contributed by atoms with Gasteiger partial charge in [-0.15, -0.1) is 0 Å². The monoisotopic (exact) mass is 207 g/mol. The molecule has 0 fully saturated rings. The Morgan fingerprint density at radius 2 is 2.33 bits per heavy atom. The largest absolute Gasteiger partial charge is 0.496 e. The molecule has 15 heavy (non-hydrogen) atoms. The number of rotatable bonds is 4. The molecule has 1 aromatic rings. The van der Waals surface area contributed by atoms with Crippen molar-refractivity contribution in [3.05, 3.63) is 39.8 Å². The maximum Gasteiger partial charge on any atom is 0.124 e. The second kappa shape index (κ2) is 5.24. The molecule has 1 rings (SSSR count). The summed E-state index contributed by atoms with van der Waals surface area (Å²) < 4.78 is 5.11. The van der Waals surface area contributed by atoms with Crippen molar-refractivity contribution in [1.82, 2.24) is 0 Å². The first kappa shape index (κ1) is 11.4. The smallest absolute Gasteiger partial charge is 0.124 e. The zero-order valence-electron chi connectivity index (χ0n) is 8.71. The molecule has 5 heteroatoms.